The van der Waals surface area contributed by atoms with Gasteiger partial charge in [-0.25, -0.2) is 0 Å². The van der Waals surface area contributed by atoms with Gasteiger partial charge in [-0.15, -0.1) is 11.3 Å². The first-order valence-electron chi connectivity index (χ1n) is 5.83. The molecule has 1 nitrogen and oxygen atoms in total. The van der Waals surface area contributed by atoms with Gasteiger partial charge >= 0.3 is 0 Å². The highest BCUT2D eigenvalue weighted by molar-refractivity contribution is 9.10. The predicted molar refractivity (Wildman–Crippen MR) is 83.4 cm³/mol. The molecule has 0 saturated heterocycles. The van der Waals surface area contributed by atoms with Crippen LogP contribution in [0.5, 0.6) is 0 Å². The Morgan fingerprint density at radius 1 is 1.06 bits per heavy atom. The normalized spacial score (nSPS) is 14.4. The quantitative estimate of drug-likeness (QED) is 0.764. The van der Waals surface area contributed by atoms with Crippen LogP contribution in [-0.2, 0) is 0 Å². The molecule has 0 radical (unpaired) electrons. The van der Waals surface area contributed by atoms with Gasteiger partial charge in [0.2, 0.25) is 0 Å². The van der Waals surface area contributed by atoms with Gasteiger partial charge in [-0.3, -0.25) is 0 Å². The summed E-state index contributed by atoms with van der Waals surface area (Å²) >= 11 is 11.0. The Morgan fingerprint density at radius 2 is 1.72 bits per heavy atom. The maximum absolute atomic E-state index is 5.96. The highest BCUT2D eigenvalue weighted by atomic mass is 79.9. The van der Waals surface area contributed by atoms with Crippen molar-refractivity contribution in [2.45, 2.75) is 25.9 Å². The van der Waals surface area contributed by atoms with Gasteiger partial charge < -0.3 is 5.32 Å². The molecule has 0 bridgehead atoms. The third-order valence-electron chi connectivity index (χ3n) is 2.89. The van der Waals surface area contributed by atoms with Crippen LogP contribution in [0.15, 0.2) is 40.9 Å². The monoisotopic (exact) mass is 343 g/mol. The minimum absolute atomic E-state index is 0.307. The van der Waals surface area contributed by atoms with Crippen molar-refractivity contribution >= 4 is 38.9 Å². The van der Waals surface area contributed by atoms with Gasteiger partial charge in [0, 0.05) is 21.4 Å². The van der Waals surface area contributed by atoms with E-state index in [1.54, 1.807) is 11.3 Å². The van der Waals surface area contributed by atoms with Crippen molar-refractivity contribution in [1.82, 2.24) is 5.32 Å². The summed E-state index contributed by atoms with van der Waals surface area (Å²) in [5.74, 6) is 0. The zero-order valence-corrected chi connectivity index (χ0v) is 13.4. The van der Waals surface area contributed by atoms with Crippen LogP contribution in [0, 0.1) is 0 Å². The summed E-state index contributed by atoms with van der Waals surface area (Å²) in [7, 11) is 0. The minimum atomic E-state index is 0.307. The van der Waals surface area contributed by atoms with E-state index in [1.807, 2.05) is 6.07 Å². The Hall–Kier alpha value is -0.350. The van der Waals surface area contributed by atoms with Crippen LogP contribution < -0.4 is 5.32 Å². The van der Waals surface area contributed by atoms with Crippen molar-refractivity contribution in [3.8, 4) is 0 Å². The van der Waals surface area contributed by atoms with E-state index in [0.29, 0.717) is 12.1 Å². The number of hydrogen-bond acceptors (Lipinski definition) is 2. The van der Waals surface area contributed by atoms with Crippen molar-refractivity contribution in [2.75, 3.05) is 0 Å². The smallest absolute Gasteiger partial charge is 0.0931 e. The van der Waals surface area contributed by atoms with E-state index in [1.165, 1.54) is 10.4 Å². The van der Waals surface area contributed by atoms with Gasteiger partial charge in [0.1, 0.15) is 0 Å². The second kappa shape index (κ2) is 6.20. The summed E-state index contributed by atoms with van der Waals surface area (Å²) in [5, 5.41) is 3.58. The molecule has 0 amide bonds. The van der Waals surface area contributed by atoms with Crippen LogP contribution in [0.25, 0.3) is 0 Å². The molecule has 0 fully saturated rings. The molecule has 0 aliphatic heterocycles. The third-order valence-corrected chi connectivity index (χ3v) is 4.83. The Morgan fingerprint density at radius 3 is 2.28 bits per heavy atom. The van der Waals surface area contributed by atoms with Gasteiger partial charge in [0.25, 0.3) is 0 Å². The summed E-state index contributed by atoms with van der Waals surface area (Å²) in [5.41, 5.74) is 1.28. The Labute approximate surface area is 125 Å². The first kappa shape index (κ1) is 14.1. The standard InChI is InChI=1S/C14H15BrClNS/c1-9(11-3-5-12(15)6-4-11)17-10(2)13-7-8-14(16)18-13/h3-10,17H,1-2H3/t9-,10?/m0/s1. The van der Waals surface area contributed by atoms with Gasteiger partial charge in [-0.1, -0.05) is 39.7 Å². The second-order valence-electron chi connectivity index (χ2n) is 4.30. The van der Waals surface area contributed by atoms with Gasteiger partial charge in [0.05, 0.1) is 4.34 Å². The lowest BCUT2D eigenvalue weighted by Gasteiger charge is -2.19. The number of benzene rings is 1. The Balaban J connectivity index is 2.02. The molecular formula is C14H15BrClNS. The summed E-state index contributed by atoms with van der Waals surface area (Å²) in [6.45, 7) is 4.34. The lowest BCUT2D eigenvalue weighted by molar-refractivity contribution is 0.500. The predicted octanol–water partition coefficient (Wildman–Crippen LogP) is 5.58. The largest absolute Gasteiger partial charge is 0.303 e. The molecule has 1 heterocycles. The average molecular weight is 345 g/mol. The van der Waals surface area contributed by atoms with Crippen molar-refractivity contribution in [3.05, 3.63) is 55.6 Å². The zero-order valence-electron chi connectivity index (χ0n) is 10.3. The Bertz CT molecular complexity index is 509. The second-order valence-corrected chi connectivity index (χ2v) is 6.97. The number of halogens is 2. The molecule has 0 saturated carbocycles. The first-order chi connectivity index (χ1) is 8.56. The topological polar surface area (TPSA) is 12.0 Å². The number of hydrogen-bond donors (Lipinski definition) is 1. The molecule has 1 N–H and O–H groups in total. The summed E-state index contributed by atoms with van der Waals surface area (Å²) < 4.78 is 1.95. The third kappa shape index (κ3) is 3.58. The molecule has 2 atom stereocenters. The molecule has 0 aliphatic rings. The molecule has 2 rings (SSSR count). The first-order valence-corrected chi connectivity index (χ1v) is 7.82. The number of thiophene rings is 1. The molecule has 96 valence electrons. The van der Waals surface area contributed by atoms with E-state index in [-0.39, 0.29) is 0 Å². The van der Waals surface area contributed by atoms with Crippen LogP contribution in [0.3, 0.4) is 0 Å². The molecule has 1 aromatic heterocycles. The lowest BCUT2D eigenvalue weighted by atomic mass is 10.1. The Kier molecular flexibility index (Phi) is 4.84. The van der Waals surface area contributed by atoms with Crippen LogP contribution in [-0.4, -0.2) is 0 Å². The summed E-state index contributed by atoms with van der Waals surface area (Å²) in [6.07, 6.45) is 0. The van der Waals surface area contributed by atoms with Crippen LogP contribution in [0.4, 0.5) is 0 Å². The van der Waals surface area contributed by atoms with E-state index in [2.05, 4.69) is 65.4 Å². The SMILES string of the molecule is CC(N[C@@H](C)c1ccc(Br)cc1)c1ccc(Cl)s1. The van der Waals surface area contributed by atoms with E-state index in [4.69, 9.17) is 11.6 Å². The molecule has 4 heteroatoms. The maximum atomic E-state index is 5.96. The fraction of sp³-hybridized carbons (Fsp3) is 0.286. The van der Waals surface area contributed by atoms with E-state index in [9.17, 15) is 0 Å². The lowest BCUT2D eigenvalue weighted by Crippen LogP contribution is -2.21. The number of rotatable bonds is 4. The fourth-order valence-corrected chi connectivity index (χ4v) is 3.20. The highest BCUT2D eigenvalue weighted by Gasteiger charge is 2.12. The van der Waals surface area contributed by atoms with Crippen molar-refractivity contribution in [2.24, 2.45) is 0 Å². The van der Waals surface area contributed by atoms with E-state index in [0.717, 1.165) is 8.81 Å². The highest BCUT2D eigenvalue weighted by Crippen LogP contribution is 2.28. The van der Waals surface area contributed by atoms with E-state index < -0.39 is 0 Å². The van der Waals surface area contributed by atoms with Gasteiger partial charge in [0.15, 0.2) is 0 Å². The van der Waals surface area contributed by atoms with Crippen molar-refractivity contribution in [1.29, 1.82) is 0 Å². The average Bonchev–Trinajstić information content (AvgIpc) is 2.76. The molecule has 2 aromatic rings. The molecule has 18 heavy (non-hydrogen) atoms. The molecule has 0 aliphatic carbocycles. The minimum Gasteiger partial charge on any atom is -0.303 e. The fourth-order valence-electron chi connectivity index (χ4n) is 1.87. The van der Waals surface area contributed by atoms with Gasteiger partial charge in [-0.2, -0.15) is 0 Å². The van der Waals surface area contributed by atoms with Crippen LogP contribution >= 0.6 is 38.9 Å². The maximum Gasteiger partial charge on any atom is 0.0931 e. The van der Waals surface area contributed by atoms with E-state index >= 15 is 0 Å². The molecule has 1 aromatic carbocycles. The molecule has 0 spiro atoms. The molecule has 1 unspecified atom stereocenters. The van der Waals surface area contributed by atoms with Gasteiger partial charge in [-0.05, 0) is 43.7 Å². The number of nitrogens with one attached hydrogen (secondary N) is 1. The van der Waals surface area contributed by atoms with Crippen LogP contribution in [0.1, 0.15) is 36.4 Å². The van der Waals surface area contributed by atoms with Crippen LogP contribution in [0.2, 0.25) is 4.34 Å². The van der Waals surface area contributed by atoms with Crippen molar-refractivity contribution < 1.29 is 0 Å². The summed E-state index contributed by atoms with van der Waals surface area (Å²) in [4.78, 5) is 1.27. The summed E-state index contributed by atoms with van der Waals surface area (Å²) in [6, 6.07) is 13.1. The molecular weight excluding hydrogens is 330 g/mol. The van der Waals surface area contributed by atoms with Crippen molar-refractivity contribution in [3.63, 3.8) is 0 Å². The zero-order chi connectivity index (χ0) is 13.1.